The van der Waals surface area contributed by atoms with Crippen molar-refractivity contribution in [2.24, 2.45) is 0 Å². The van der Waals surface area contributed by atoms with Crippen molar-refractivity contribution in [2.75, 3.05) is 7.05 Å². The Morgan fingerprint density at radius 3 is 2.94 bits per heavy atom. The summed E-state index contributed by atoms with van der Waals surface area (Å²) in [6, 6.07) is 6.84. The van der Waals surface area contributed by atoms with Gasteiger partial charge in [0.15, 0.2) is 0 Å². The first-order valence-electron chi connectivity index (χ1n) is 5.04. The predicted octanol–water partition coefficient (Wildman–Crippen LogP) is 0.604. The van der Waals surface area contributed by atoms with Gasteiger partial charge >= 0.3 is 0 Å². The topological polar surface area (TPSA) is 60.1 Å². The summed E-state index contributed by atoms with van der Waals surface area (Å²) >= 11 is 0. The Labute approximate surface area is 92.7 Å². The molecule has 0 atom stereocenters. The molecule has 0 aliphatic carbocycles. The summed E-state index contributed by atoms with van der Waals surface area (Å²) in [7, 11) is 1.85. The first kappa shape index (κ1) is 10.6. The molecule has 2 rings (SSSR count). The lowest BCUT2D eigenvalue weighted by Gasteiger charge is -2.00. The zero-order valence-electron chi connectivity index (χ0n) is 9.01. The standard InChI is InChI=1S/C11H13N3O2/c1-12-7-9-4-5-10(16-9)8-14-11(15)3-2-6-13-14/h2-6,12H,7-8H2,1H3. The number of rotatable bonds is 4. The molecule has 84 valence electrons. The molecular weight excluding hydrogens is 206 g/mol. The van der Waals surface area contributed by atoms with E-state index in [-0.39, 0.29) is 5.56 Å². The first-order chi connectivity index (χ1) is 7.79. The van der Waals surface area contributed by atoms with Gasteiger partial charge in [-0.25, -0.2) is 4.68 Å². The SMILES string of the molecule is CNCc1ccc(Cn2ncccc2=O)o1. The van der Waals surface area contributed by atoms with Gasteiger partial charge in [-0.3, -0.25) is 4.79 Å². The fraction of sp³-hybridized carbons (Fsp3) is 0.273. The molecule has 0 amide bonds. The Bertz CT molecular complexity index is 516. The average molecular weight is 219 g/mol. The van der Waals surface area contributed by atoms with Gasteiger partial charge in [0, 0.05) is 12.3 Å². The van der Waals surface area contributed by atoms with E-state index in [2.05, 4.69) is 10.4 Å². The highest BCUT2D eigenvalue weighted by Crippen LogP contribution is 2.07. The van der Waals surface area contributed by atoms with E-state index in [9.17, 15) is 4.79 Å². The number of hydrogen-bond donors (Lipinski definition) is 1. The van der Waals surface area contributed by atoms with Gasteiger partial charge in [0.1, 0.15) is 18.1 Å². The van der Waals surface area contributed by atoms with Crippen molar-refractivity contribution < 1.29 is 4.42 Å². The lowest BCUT2D eigenvalue weighted by atomic mass is 10.4. The average Bonchev–Trinajstić information content (AvgIpc) is 2.70. The van der Waals surface area contributed by atoms with Gasteiger partial charge in [-0.2, -0.15) is 5.10 Å². The molecule has 2 heterocycles. The molecule has 0 saturated carbocycles. The number of furan rings is 1. The molecule has 0 fully saturated rings. The van der Waals surface area contributed by atoms with Crippen molar-refractivity contribution in [3.8, 4) is 0 Å². The second-order valence-corrected chi connectivity index (χ2v) is 3.42. The lowest BCUT2D eigenvalue weighted by Crippen LogP contribution is -2.21. The van der Waals surface area contributed by atoms with Gasteiger partial charge in [-0.05, 0) is 25.2 Å². The first-order valence-corrected chi connectivity index (χ1v) is 5.04. The molecule has 0 spiro atoms. The van der Waals surface area contributed by atoms with Crippen LogP contribution in [0, 0.1) is 0 Å². The van der Waals surface area contributed by atoms with Gasteiger partial charge in [0.2, 0.25) is 0 Å². The van der Waals surface area contributed by atoms with Crippen LogP contribution in [-0.4, -0.2) is 16.8 Å². The van der Waals surface area contributed by atoms with Crippen molar-refractivity contribution in [2.45, 2.75) is 13.1 Å². The number of aromatic nitrogens is 2. The second kappa shape index (κ2) is 4.76. The summed E-state index contributed by atoms with van der Waals surface area (Å²) < 4.78 is 6.88. The third-order valence-corrected chi connectivity index (χ3v) is 2.16. The van der Waals surface area contributed by atoms with Gasteiger partial charge < -0.3 is 9.73 Å². The van der Waals surface area contributed by atoms with Gasteiger partial charge in [-0.1, -0.05) is 0 Å². The molecular formula is C11H13N3O2. The highest BCUT2D eigenvalue weighted by atomic mass is 16.3. The fourth-order valence-corrected chi connectivity index (χ4v) is 1.43. The number of hydrogen-bond acceptors (Lipinski definition) is 4. The molecule has 2 aromatic rings. The van der Waals surface area contributed by atoms with Crippen LogP contribution in [0.1, 0.15) is 11.5 Å². The quantitative estimate of drug-likeness (QED) is 0.818. The molecule has 5 nitrogen and oxygen atoms in total. The van der Waals surface area contributed by atoms with Crippen LogP contribution in [0.2, 0.25) is 0 Å². The minimum Gasteiger partial charge on any atom is -0.463 e. The molecule has 0 aliphatic heterocycles. The lowest BCUT2D eigenvalue weighted by molar-refractivity contribution is 0.431. The molecule has 0 bridgehead atoms. The molecule has 16 heavy (non-hydrogen) atoms. The normalized spacial score (nSPS) is 10.6. The summed E-state index contributed by atoms with van der Waals surface area (Å²) in [4.78, 5) is 11.4. The number of nitrogens with zero attached hydrogens (tertiary/aromatic N) is 2. The summed E-state index contributed by atoms with van der Waals surface area (Å²) in [5, 5.41) is 6.95. The Hall–Kier alpha value is -1.88. The van der Waals surface area contributed by atoms with E-state index < -0.39 is 0 Å². The molecule has 0 aromatic carbocycles. The molecule has 2 aromatic heterocycles. The second-order valence-electron chi connectivity index (χ2n) is 3.42. The van der Waals surface area contributed by atoms with E-state index in [0.717, 1.165) is 11.5 Å². The fourth-order valence-electron chi connectivity index (χ4n) is 1.43. The predicted molar refractivity (Wildman–Crippen MR) is 59.1 cm³/mol. The zero-order valence-corrected chi connectivity index (χ0v) is 9.01. The summed E-state index contributed by atoms with van der Waals surface area (Å²) in [5.74, 6) is 1.58. The summed E-state index contributed by atoms with van der Waals surface area (Å²) in [6.45, 7) is 1.04. The molecule has 5 heteroatoms. The monoisotopic (exact) mass is 219 g/mol. The van der Waals surface area contributed by atoms with Crippen LogP contribution < -0.4 is 10.9 Å². The Morgan fingerprint density at radius 1 is 1.38 bits per heavy atom. The molecule has 0 unspecified atom stereocenters. The van der Waals surface area contributed by atoms with Crippen LogP contribution in [0.15, 0.2) is 39.7 Å². The Morgan fingerprint density at radius 2 is 2.19 bits per heavy atom. The van der Waals surface area contributed by atoms with Crippen molar-refractivity contribution in [3.05, 3.63) is 52.3 Å². The number of nitrogens with one attached hydrogen (secondary N) is 1. The minimum atomic E-state index is -0.130. The van der Waals surface area contributed by atoms with E-state index in [1.54, 1.807) is 12.3 Å². The van der Waals surface area contributed by atoms with Crippen LogP contribution in [0.4, 0.5) is 0 Å². The third-order valence-electron chi connectivity index (χ3n) is 2.16. The van der Waals surface area contributed by atoms with Crippen LogP contribution >= 0.6 is 0 Å². The van der Waals surface area contributed by atoms with Crippen LogP contribution in [0.5, 0.6) is 0 Å². The van der Waals surface area contributed by atoms with Crippen molar-refractivity contribution in [1.29, 1.82) is 0 Å². The van der Waals surface area contributed by atoms with E-state index >= 15 is 0 Å². The third kappa shape index (κ3) is 2.38. The zero-order chi connectivity index (χ0) is 11.4. The Balaban J connectivity index is 2.15. The largest absolute Gasteiger partial charge is 0.463 e. The molecule has 0 aliphatic rings. The van der Waals surface area contributed by atoms with E-state index in [0.29, 0.717) is 13.1 Å². The van der Waals surface area contributed by atoms with Crippen molar-refractivity contribution >= 4 is 0 Å². The van der Waals surface area contributed by atoms with Crippen molar-refractivity contribution in [1.82, 2.24) is 15.1 Å². The summed E-state index contributed by atoms with van der Waals surface area (Å²) in [6.07, 6.45) is 1.58. The van der Waals surface area contributed by atoms with Gasteiger partial charge in [-0.15, -0.1) is 0 Å². The molecule has 1 N–H and O–H groups in total. The van der Waals surface area contributed by atoms with Gasteiger partial charge in [0.05, 0.1) is 6.54 Å². The van der Waals surface area contributed by atoms with Crippen LogP contribution in [-0.2, 0) is 13.1 Å². The molecule has 0 radical (unpaired) electrons. The highest BCUT2D eigenvalue weighted by molar-refractivity contribution is 5.07. The Kier molecular flexibility index (Phi) is 3.16. The van der Waals surface area contributed by atoms with Crippen LogP contribution in [0.25, 0.3) is 0 Å². The van der Waals surface area contributed by atoms with Crippen molar-refractivity contribution in [3.63, 3.8) is 0 Å². The van der Waals surface area contributed by atoms with E-state index in [1.807, 2.05) is 19.2 Å². The van der Waals surface area contributed by atoms with E-state index in [4.69, 9.17) is 4.42 Å². The maximum Gasteiger partial charge on any atom is 0.267 e. The smallest absolute Gasteiger partial charge is 0.267 e. The maximum absolute atomic E-state index is 11.4. The van der Waals surface area contributed by atoms with E-state index in [1.165, 1.54) is 10.7 Å². The van der Waals surface area contributed by atoms with Crippen LogP contribution in [0.3, 0.4) is 0 Å². The molecule has 0 saturated heterocycles. The van der Waals surface area contributed by atoms with Gasteiger partial charge in [0.25, 0.3) is 5.56 Å². The minimum absolute atomic E-state index is 0.130. The highest BCUT2D eigenvalue weighted by Gasteiger charge is 2.03. The summed E-state index contributed by atoms with van der Waals surface area (Å²) in [5.41, 5.74) is -0.130. The maximum atomic E-state index is 11.4.